The van der Waals surface area contributed by atoms with Gasteiger partial charge < -0.3 is 25.2 Å². The molecule has 4 fully saturated rings. The molecular weight excluding hydrogens is 500 g/mol. The van der Waals surface area contributed by atoms with E-state index in [1.165, 1.54) is 24.3 Å². The van der Waals surface area contributed by atoms with E-state index >= 15 is 0 Å². The predicted molar refractivity (Wildman–Crippen MR) is 142 cm³/mol. The van der Waals surface area contributed by atoms with Gasteiger partial charge in [0.15, 0.2) is 0 Å². The van der Waals surface area contributed by atoms with Crippen LogP contribution in [0.5, 0.6) is 5.75 Å². The van der Waals surface area contributed by atoms with Crippen LogP contribution in [-0.4, -0.2) is 62.4 Å². The van der Waals surface area contributed by atoms with Crippen molar-refractivity contribution in [2.75, 3.05) is 6.61 Å². The summed E-state index contributed by atoms with van der Waals surface area (Å²) in [5, 5.41) is 49.0. The highest BCUT2D eigenvalue weighted by Gasteiger charge is 2.71. The zero-order valence-electron chi connectivity index (χ0n) is 22.3. The van der Waals surface area contributed by atoms with Crippen molar-refractivity contribution < 1.29 is 34.8 Å². The summed E-state index contributed by atoms with van der Waals surface area (Å²) in [5.41, 5.74) is 0.516. The summed E-state index contributed by atoms with van der Waals surface area (Å²) in [7, 11) is 0. The van der Waals surface area contributed by atoms with Crippen LogP contribution in [0.2, 0.25) is 0 Å². The van der Waals surface area contributed by atoms with Crippen LogP contribution in [0.4, 0.5) is 0 Å². The molecule has 0 spiro atoms. The first-order valence-corrected chi connectivity index (χ1v) is 14.1. The number of cyclic esters (lactones) is 1. The number of fused-ring (bicyclic) bond motifs is 5. The maximum absolute atomic E-state index is 12.7. The van der Waals surface area contributed by atoms with Gasteiger partial charge in [-0.25, -0.2) is 10.2 Å². The summed E-state index contributed by atoms with van der Waals surface area (Å²) >= 11 is 0. The maximum Gasteiger partial charge on any atom is 0.331 e. The zero-order chi connectivity index (χ0) is 27.6. The molecule has 0 unspecified atom stereocenters. The molecule has 9 nitrogen and oxygen atoms in total. The third kappa shape index (κ3) is 3.88. The number of hydrogen-bond donors (Lipinski definition) is 5. The molecule has 0 radical (unpaired) electrons. The number of nitrogens with one attached hydrogen (secondary N) is 1. The number of amides is 1. The number of aliphatic hydroxyl groups excluding tert-OH is 1. The molecule has 8 atom stereocenters. The lowest BCUT2D eigenvalue weighted by atomic mass is 9.41. The summed E-state index contributed by atoms with van der Waals surface area (Å²) in [5.74, 6) is -0.777. The number of esters is 1. The van der Waals surface area contributed by atoms with E-state index < -0.39 is 34.0 Å². The number of benzene rings is 1. The Balaban J connectivity index is 1.32. The second kappa shape index (κ2) is 9.14. The molecule has 6 rings (SSSR count). The van der Waals surface area contributed by atoms with E-state index in [0.29, 0.717) is 37.7 Å². The fourth-order valence-corrected chi connectivity index (χ4v) is 9.24. The summed E-state index contributed by atoms with van der Waals surface area (Å²) in [6.45, 7) is 2.44. The summed E-state index contributed by atoms with van der Waals surface area (Å²) < 4.78 is 5.22. The molecule has 0 aromatic heterocycles. The molecule has 1 aromatic rings. The van der Waals surface area contributed by atoms with Gasteiger partial charge >= 0.3 is 5.97 Å². The van der Waals surface area contributed by atoms with Gasteiger partial charge in [0, 0.05) is 35.1 Å². The number of carbonyl (C=O) groups is 2. The van der Waals surface area contributed by atoms with Crippen LogP contribution in [0.15, 0.2) is 41.0 Å². The van der Waals surface area contributed by atoms with Gasteiger partial charge in [0.05, 0.1) is 17.3 Å². The Labute approximate surface area is 228 Å². The van der Waals surface area contributed by atoms with Crippen LogP contribution in [0.25, 0.3) is 0 Å². The van der Waals surface area contributed by atoms with Crippen molar-refractivity contribution in [1.29, 1.82) is 0 Å². The van der Waals surface area contributed by atoms with E-state index in [9.17, 15) is 30.0 Å². The van der Waals surface area contributed by atoms with Gasteiger partial charge in [0.2, 0.25) is 0 Å². The van der Waals surface area contributed by atoms with Crippen LogP contribution in [0.3, 0.4) is 0 Å². The highest BCUT2D eigenvalue weighted by Crippen LogP contribution is 2.70. The van der Waals surface area contributed by atoms with Gasteiger partial charge in [-0.2, -0.15) is 5.10 Å². The number of phenols is 1. The van der Waals surface area contributed by atoms with Crippen LogP contribution >= 0.6 is 0 Å². The third-order valence-corrected chi connectivity index (χ3v) is 11.2. The average Bonchev–Trinajstić information content (AvgIpc) is 3.44. The van der Waals surface area contributed by atoms with Crippen molar-refractivity contribution in [2.24, 2.45) is 33.7 Å². The molecule has 1 aliphatic heterocycles. The Morgan fingerprint density at radius 2 is 1.79 bits per heavy atom. The summed E-state index contributed by atoms with van der Waals surface area (Å²) in [6, 6.07) is 5.88. The number of aromatic hydroxyl groups is 1. The Bertz CT molecular complexity index is 1230. The number of carbonyl (C=O) groups excluding carboxylic acids is 2. The molecular formula is C30H38N2O7. The minimum absolute atomic E-state index is 0.0627. The van der Waals surface area contributed by atoms with Gasteiger partial charge in [-0.15, -0.1) is 0 Å². The van der Waals surface area contributed by atoms with E-state index in [1.807, 2.05) is 0 Å². The molecule has 1 heterocycles. The standard InChI is InChI=1S/C30H38N2O7/c1-27-10-7-23-24(30(27,38)13-9-22(27)19-14-25(35)39-16-19)8-12-29(37)15-21(34)6-11-28(23,29)17-31-32-26(36)18-2-4-20(33)5-3-18/h2-5,14,17,21-24,33-34,37-38H,6-13,15-16H2,1H3,(H,32,36)/b31-17-/t21-,22+,23+,24-,27-,28+,29+,30+/m1/s1. The molecule has 5 N–H and O–H groups in total. The van der Waals surface area contributed by atoms with Gasteiger partial charge in [-0.05, 0) is 99.0 Å². The summed E-state index contributed by atoms with van der Waals surface area (Å²) in [4.78, 5) is 24.5. The van der Waals surface area contributed by atoms with E-state index in [2.05, 4.69) is 17.5 Å². The van der Waals surface area contributed by atoms with E-state index in [-0.39, 0.29) is 42.5 Å². The first-order valence-electron chi connectivity index (χ1n) is 14.1. The monoisotopic (exact) mass is 538 g/mol. The Morgan fingerprint density at radius 3 is 2.51 bits per heavy atom. The second-order valence-electron chi connectivity index (χ2n) is 12.8. The highest BCUT2D eigenvalue weighted by atomic mass is 16.5. The predicted octanol–water partition coefficient (Wildman–Crippen LogP) is 2.82. The van der Waals surface area contributed by atoms with E-state index in [1.54, 1.807) is 12.3 Å². The lowest BCUT2D eigenvalue weighted by Gasteiger charge is -2.65. The molecule has 210 valence electrons. The van der Waals surface area contributed by atoms with Crippen LogP contribution < -0.4 is 5.43 Å². The number of phenolic OH excluding ortho intramolecular Hbond substituents is 1. The number of rotatable bonds is 4. The average molecular weight is 539 g/mol. The molecule has 0 bridgehead atoms. The quantitative estimate of drug-likeness (QED) is 0.225. The minimum atomic E-state index is -1.20. The lowest BCUT2D eigenvalue weighted by Crippen LogP contribution is -2.68. The Morgan fingerprint density at radius 1 is 1.05 bits per heavy atom. The molecule has 0 saturated heterocycles. The molecule has 1 amide bonds. The number of nitrogens with zero attached hydrogens (tertiary/aromatic N) is 1. The van der Waals surface area contributed by atoms with Gasteiger partial charge in [-0.1, -0.05) is 6.92 Å². The van der Waals surface area contributed by atoms with Crippen molar-refractivity contribution in [1.82, 2.24) is 5.43 Å². The number of aliphatic hydroxyl groups is 3. The molecule has 9 heteroatoms. The van der Waals surface area contributed by atoms with Crippen molar-refractivity contribution in [3.8, 4) is 5.75 Å². The number of hydrazone groups is 1. The highest BCUT2D eigenvalue weighted by molar-refractivity contribution is 5.94. The van der Waals surface area contributed by atoms with Crippen molar-refractivity contribution in [3.05, 3.63) is 41.5 Å². The first kappa shape index (κ1) is 26.5. The van der Waals surface area contributed by atoms with Gasteiger partial charge in [0.25, 0.3) is 5.91 Å². The lowest BCUT2D eigenvalue weighted by molar-refractivity contribution is -0.237. The smallest absolute Gasteiger partial charge is 0.331 e. The first-order chi connectivity index (χ1) is 18.5. The molecule has 39 heavy (non-hydrogen) atoms. The Hall–Kier alpha value is -2.75. The molecule has 4 saturated carbocycles. The normalized spacial score (nSPS) is 43.3. The number of ether oxygens (including phenoxy) is 1. The second-order valence-corrected chi connectivity index (χ2v) is 12.8. The summed E-state index contributed by atoms with van der Waals surface area (Å²) in [6.07, 6.45) is 7.89. The largest absolute Gasteiger partial charge is 0.508 e. The van der Waals surface area contributed by atoms with Gasteiger partial charge in [0.1, 0.15) is 12.4 Å². The van der Waals surface area contributed by atoms with Crippen molar-refractivity contribution in [2.45, 2.75) is 82.0 Å². The van der Waals surface area contributed by atoms with Crippen molar-refractivity contribution in [3.63, 3.8) is 0 Å². The van der Waals surface area contributed by atoms with Crippen LogP contribution in [-0.2, 0) is 9.53 Å². The topological polar surface area (TPSA) is 149 Å². The molecule has 4 aliphatic carbocycles. The fraction of sp³-hybridized carbons (Fsp3) is 0.633. The van der Waals surface area contributed by atoms with Crippen LogP contribution in [0.1, 0.15) is 75.1 Å². The minimum Gasteiger partial charge on any atom is -0.508 e. The SMILES string of the molecule is C[C@]12CC[C@H]3[C@@H](CC[C@]4(O)C[C@H](O)CC[C@]34/C=N\NC(=O)c3ccc(O)cc3)[C@@]1(O)CC[C@H]2C1=CC(=O)OC1. The van der Waals surface area contributed by atoms with Crippen molar-refractivity contribution >= 4 is 18.1 Å². The molecule has 5 aliphatic rings. The van der Waals surface area contributed by atoms with E-state index in [4.69, 9.17) is 4.74 Å². The Kier molecular flexibility index (Phi) is 6.21. The third-order valence-electron chi connectivity index (χ3n) is 11.2. The number of hydrogen-bond acceptors (Lipinski definition) is 8. The molecule has 1 aromatic carbocycles. The maximum atomic E-state index is 12.7. The van der Waals surface area contributed by atoms with Gasteiger partial charge in [-0.3, -0.25) is 4.79 Å². The zero-order valence-corrected chi connectivity index (χ0v) is 22.3. The van der Waals surface area contributed by atoms with Crippen LogP contribution in [0, 0.1) is 28.6 Å². The van der Waals surface area contributed by atoms with E-state index in [0.717, 1.165) is 24.8 Å². The fourth-order valence-electron chi connectivity index (χ4n) is 9.24.